The van der Waals surface area contributed by atoms with Gasteiger partial charge in [-0.25, -0.2) is 22.8 Å². The number of aryl methyl sites for hydroxylation is 1. The molecule has 0 aliphatic rings. The third-order valence-corrected chi connectivity index (χ3v) is 10.8. The van der Waals surface area contributed by atoms with Gasteiger partial charge in [-0.15, -0.1) is 10.2 Å². The van der Waals surface area contributed by atoms with Crippen LogP contribution in [0.4, 0.5) is 0 Å². The van der Waals surface area contributed by atoms with Crippen molar-refractivity contribution in [3.05, 3.63) is 5.82 Å². The van der Waals surface area contributed by atoms with Crippen LogP contribution in [0.1, 0.15) is 131 Å². The highest BCUT2D eigenvalue weighted by atomic mass is 32.2. The summed E-state index contributed by atoms with van der Waals surface area (Å²) in [6.45, 7) is 15.6. The fraction of sp³-hybridized carbons (Fsp3) is 0.761. The van der Waals surface area contributed by atoms with E-state index in [9.17, 15) is 56.4 Å². The second-order valence-corrected chi connectivity index (χ2v) is 18.0. The van der Waals surface area contributed by atoms with Crippen LogP contribution >= 0.6 is 0 Å². The van der Waals surface area contributed by atoms with Crippen LogP contribution < -0.4 is 36.6 Å². The third-order valence-electron chi connectivity index (χ3n) is 9.41. The molecule has 0 radical (unpaired) electrons. The number of ether oxygens (including phenoxy) is 4. The summed E-state index contributed by atoms with van der Waals surface area (Å²) in [5, 5.41) is 54.8. The zero-order valence-corrected chi connectivity index (χ0v) is 46.3. The molecule has 1 aromatic rings. The Labute approximate surface area is 450 Å². The smallest absolute Gasteiger partial charge is 0.326 e. The largest absolute Gasteiger partial charge is 0.480 e. The summed E-state index contributed by atoms with van der Waals surface area (Å²) in [6, 6.07) is -3.16. The van der Waals surface area contributed by atoms with Crippen LogP contribution in [0.25, 0.3) is 0 Å². The average Bonchev–Trinajstić information content (AvgIpc) is 3.89. The highest BCUT2D eigenvalue weighted by molar-refractivity contribution is 7.90. The number of hydrogen-bond acceptors (Lipinski definition) is 19. The minimum absolute atomic E-state index is 0.0457. The lowest BCUT2D eigenvalue weighted by atomic mass is 10.1. The number of tetrazole rings is 1. The Balaban J connectivity index is -0.000000992. The third kappa shape index (κ3) is 48.9. The minimum atomic E-state index is -3.70. The number of aromatic nitrogens is 4. The van der Waals surface area contributed by atoms with Crippen LogP contribution in [0.5, 0.6) is 0 Å². The molecule has 31 heteroatoms. The van der Waals surface area contributed by atoms with Crippen molar-refractivity contribution in [1.29, 1.82) is 0 Å². The molecule has 0 spiro atoms. The van der Waals surface area contributed by atoms with E-state index in [0.29, 0.717) is 77.4 Å². The Morgan fingerprint density at radius 2 is 1.13 bits per heavy atom. The Kier molecular flexibility index (Phi) is 47.7. The number of aliphatic carboxylic acids is 3. The zero-order chi connectivity index (χ0) is 58.9. The Morgan fingerprint density at radius 3 is 1.64 bits per heavy atom. The molecule has 30 nitrogen and oxygen atoms in total. The molecule has 0 aliphatic heterocycles. The monoisotopic (exact) mass is 1130 g/mol. The van der Waals surface area contributed by atoms with Crippen LogP contribution in [-0.4, -0.2) is 200 Å². The number of carboxylic acids is 3. The molecule has 0 fully saturated rings. The van der Waals surface area contributed by atoms with Gasteiger partial charge in [-0.1, -0.05) is 45.7 Å². The normalized spacial score (nSPS) is 11.6. The predicted molar refractivity (Wildman–Crippen MR) is 276 cm³/mol. The Bertz CT molecular complexity index is 1950. The molecule has 7 amide bonds. The molecule has 0 aromatic carbocycles. The van der Waals surface area contributed by atoms with Gasteiger partial charge in [0.25, 0.3) is 0 Å². The van der Waals surface area contributed by atoms with Gasteiger partial charge in [-0.05, 0) is 52.4 Å². The number of aromatic amines is 1. The lowest BCUT2D eigenvalue weighted by Crippen LogP contribution is -2.44. The molecule has 0 bridgehead atoms. The van der Waals surface area contributed by atoms with Crippen LogP contribution in [0.15, 0.2) is 0 Å². The van der Waals surface area contributed by atoms with Crippen molar-refractivity contribution in [3.63, 3.8) is 0 Å². The Hall–Kier alpha value is -6.44. The molecule has 77 heavy (non-hydrogen) atoms. The van der Waals surface area contributed by atoms with Gasteiger partial charge >= 0.3 is 17.9 Å². The van der Waals surface area contributed by atoms with E-state index < -0.39 is 69.7 Å². The van der Waals surface area contributed by atoms with Crippen molar-refractivity contribution < 1.29 is 90.6 Å². The summed E-state index contributed by atoms with van der Waals surface area (Å²) in [7, 11) is -3.70. The molecule has 3 atom stereocenters. The molecule has 0 aliphatic carbocycles. The summed E-state index contributed by atoms with van der Waals surface area (Å²) in [6.07, 6.45) is 4.78. The van der Waals surface area contributed by atoms with Gasteiger partial charge in [0.2, 0.25) is 51.4 Å². The number of sulfonamides is 1. The first kappa shape index (κ1) is 74.8. The molecule has 1 rings (SSSR count). The molecule has 11 N–H and O–H groups in total. The standard InChI is InChI=1S/C16H28N2O8.C12H22N2O6.C11H20N6O4S.C7H15NO/c1-3-5-11(15(21)22)17-13(19)7-6-12(16(23)24)18-14(20)10-26-9-8-25-4-2;1-3-10(12(17)18)14-11(16)8-20-7-6-19-5-4-13-9(2)15;1-2-12-10(18)7-4-8-22(20,21)15-11(19)6-3-5-9-13-16-17-14-9;1-3-5-6-8-7(9)4-2/h11-12H,3-10H2,1-2H3,(H,17,19)(H,18,20)(H,21,22)(H,23,24);10H,3-8H2,1-2H3,(H,13,15)(H,14,16)(H,17,18);2-8H2,1H3,(H,12,18)(H,15,19)(H,13,14,16,17);3-6H2,1-2H3,(H,8,9). The van der Waals surface area contributed by atoms with Gasteiger partial charge in [-0.3, -0.25) is 38.3 Å². The first-order valence-electron chi connectivity index (χ1n) is 25.4. The van der Waals surface area contributed by atoms with Gasteiger partial charge in [0.1, 0.15) is 31.3 Å². The average molecular weight is 1130 g/mol. The quantitative estimate of drug-likeness (QED) is 0.0354. The van der Waals surface area contributed by atoms with Crippen LogP contribution in [0.3, 0.4) is 0 Å². The lowest BCUT2D eigenvalue weighted by molar-refractivity contribution is -0.144. The minimum Gasteiger partial charge on any atom is -0.480 e. The van der Waals surface area contributed by atoms with Gasteiger partial charge in [0, 0.05) is 65.3 Å². The van der Waals surface area contributed by atoms with Gasteiger partial charge < -0.3 is 66.2 Å². The van der Waals surface area contributed by atoms with Crippen LogP contribution in [0.2, 0.25) is 0 Å². The van der Waals surface area contributed by atoms with Crippen LogP contribution in [-0.2, 0) is 83.3 Å². The SMILES string of the molecule is CCC(NC(=O)COCCOCCNC(C)=O)C(=O)O.CCCC(NC(=O)CCC(NC(=O)COCCOCC)C(=O)O)C(=O)O.CCCCNC(=O)CC.CCNC(=O)CCCS(=O)(=O)NC(=O)CCCc1nn[nH]n1. The number of hydrogen-bond donors (Lipinski definition) is 11. The number of carbonyl (C=O) groups is 10. The van der Waals surface area contributed by atoms with Gasteiger partial charge in [0.15, 0.2) is 5.82 Å². The first-order valence-corrected chi connectivity index (χ1v) is 27.1. The number of nitrogens with zero attached hydrogens (tertiary/aromatic N) is 3. The number of unbranched alkanes of at least 4 members (excludes halogenated alkanes) is 1. The first-order chi connectivity index (χ1) is 36.5. The van der Waals surface area contributed by atoms with E-state index in [1.165, 1.54) is 6.92 Å². The number of carboxylic acid groups (broad SMARTS) is 3. The summed E-state index contributed by atoms with van der Waals surface area (Å²) >= 11 is 0. The van der Waals surface area contributed by atoms with Crippen LogP contribution in [0, 0.1) is 0 Å². The van der Waals surface area contributed by atoms with Crippen molar-refractivity contribution in [2.75, 3.05) is 78.2 Å². The molecule has 1 aromatic heterocycles. The maximum atomic E-state index is 11.8. The fourth-order valence-electron chi connectivity index (χ4n) is 5.48. The molecule has 444 valence electrons. The molecular weight excluding hydrogens is 1040 g/mol. The maximum absolute atomic E-state index is 11.8. The second kappa shape index (κ2) is 49.2. The number of H-pyrrole nitrogens is 1. The summed E-state index contributed by atoms with van der Waals surface area (Å²) < 4.78 is 45.6. The zero-order valence-electron chi connectivity index (χ0n) is 45.5. The van der Waals surface area contributed by atoms with Crippen molar-refractivity contribution in [2.45, 2.75) is 150 Å². The molecule has 1 heterocycles. The van der Waals surface area contributed by atoms with E-state index in [-0.39, 0.29) is 88.4 Å². The molecule has 0 saturated heterocycles. The highest BCUT2D eigenvalue weighted by Gasteiger charge is 2.24. The van der Waals surface area contributed by atoms with Crippen molar-refractivity contribution >= 4 is 69.3 Å². The lowest BCUT2D eigenvalue weighted by Gasteiger charge is -2.16. The fourth-order valence-corrected chi connectivity index (χ4v) is 6.55. The number of nitrogens with one attached hydrogen (secondary N) is 8. The summed E-state index contributed by atoms with van der Waals surface area (Å²) in [4.78, 5) is 112. The number of carbonyl (C=O) groups excluding carboxylic acids is 7. The van der Waals surface area contributed by atoms with Crippen molar-refractivity contribution in [2.24, 2.45) is 0 Å². The van der Waals surface area contributed by atoms with Gasteiger partial charge in [0.05, 0.1) is 38.8 Å². The highest BCUT2D eigenvalue weighted by Crippen LogP contribution is 2.03. The summed E-state index contributed by atoms with van der Waals surface area (Å²) in [5.41, 5.74) is 0. The molecular formula is C46H85N11O19S. The van der Waals surface area contributed by atoms with E-state index in [0.717, 1.165) is 19.4 Å². The second-order valence-electron chi connectivity index (χ2n) is 16.1. The molecule has 3 unspecified atom stereocenters. The van der Waals surface area contributed by atoms with Crippen molar-refractivity contribution in [3.8, 4) is 0 Å². The Morgan fingerprint density at radius 1 is 0.571 bits per heavy atom. The van der Waals surface area contributed by atoms with E-state index in [2.05, 4.69) is 59.4 Å². The van der Waals surface area contributed by atoms with Gasteiger partial charge in [-0.2, -0.15) is 5.21 Å². The topological polar surface area (TPSA) is 441 Å². The predicted octanol–water partition coefficient (Wildman–Crippen LogP) is -0.909. The molecule has 0 saturated carbocycles. The van der Waals surface area contributed by atoms with E-state index in [1.54, 1.807) is 20.8 Å². The number of rotatable bonds is 40. The number of amides is 7. The maximum Gasteiger partial charge on any atom is 0.326 e. The van der Waals surface area contributed by atoms with E-state index in [4.69, 9.17) is 34.3 Å². The van der Waals surface area contributed by atoms with Crippen molar-refractivity contribution in [1.82, 2.24) is 57.2 Å². The van der Waals surface area contributed by atoms with E-state index in [1.807, 2.05) is 18.6 Å². The summed E-state index contributed by atoms with van der Waals surface area (Å²) in [5.74, 6) is -5.73. The van der Waals surface area contributed by atoms with E-state index >= 15 is 0 Å².